The number of aromatic nitrogens is 1. The number of carbonyl (C=O) groups is 3. The topological polar surface area (TPSA) is 130 Å². The molecule has 1 aromatic carbocycles. The van der Waals surface area contributed by atoms with Gasteiger partial charge in [-0.2, -0.15) is 0 Å². The molecule has 2 aromatic rings. The maximum absolute atomic E-state index is 11.9. The molecule has 1 aromatic heterocycles. The predicted octanol–water partition coefficient (Wildman–Crippen LogP) is 1.04. The number of benzene rings is 1. The number of rotatable bonds is 8. The van der Waals surface area contributed by atoms with E-state index in [1.807, 2.05) is 12.1 Å². The van der Waals surface area contributed by atoms with Gasteiger partial charge in [-0.1, -0.05) is 11.3 Å². The molecule has 0 saturated heterocycles. The van der Waals surface area contributed by atoms with Crippen LogP contribution in [0.1, 0.15) is 19.3 Å². The summed E-state index contributed by atoms with van der Waals surface area (Å²) in [6.07, 6.45) is 0.583. The second-order valence-electron chi connectivity index (χ2n) is 5.07. The fourth-order valence-corrected chi connectivity index (χ4v) is 2.89. The number of anilines is 1. The number of thiazole rings is 1. The van der Waals surface area contributed by atoms with Crippen LogP contribution in [-0.2, 0) is 14.4 Å². The first kappa shape index (κ1) is 18.6. The van der Waals surface area contributed by atoms with Gasteiger partial charge in [0.25, 0.3) is 5.91 Å². The highest BCUT2D eigenvalue weighted by Gasteiger charge is 2.10. The lowest BCUT2D eigenvalue weighted by molar-refractivity contribution is -0.131. The number of fused-ring (bicyclic) bond motifs is 1. The Morgan fingerprint density at radius 2 is 1.96 bits per heavy atom. The lowest BCUT2D eigenvalue weighted by atomic mass is 10.2. The molecule has 25 heavy (non-hydrogen) atoms. The zero-order valence-electron chi connectivity index (χ0n) is 13.5. The van der Waals surface area contributed by atoms with E-state index in [4.69, 9.17) is 9.94 Å². The van der Waals surface area contributed by atoms with E-state index in [0.717, 1.165) is 16.0 Å². The van der Waals surface area contributed by atoms with E-state index in [-0.39, 0.29) is 31.2 Å². The number of hydroxylamine groups is 1. The molecular formula is C15H18N4O5S. The van der Waals surface area contributed by atoms with Gasteiger partial charge >= 0.3 is 0 Å². The molecule has 0 aliphatic heterocycles. The van der Waals surface area contributed by atoms with Crippen molar-refractivity contribution in [3.63, 3.8) is 0 Å². The molecule has 0 aliphatic carbocycles. The number of methoxy groups -OCH3 is 1. The minimum absolute atomic E-state index is 0.100. The number of carbonyl (C=O) groups excluding carboxylic acids is 3. The summed E-state index contributed by atoms with van der Waals surface area (Å²) in [6, 6.07) is 5.45. The molecule has 4 N–H and O–H groups in total. The highest BCUT2D eigenvalue weighted by atomic mass is 32.1. The summed E-state index contributed by atoms with van der Waals surface area (Å²) in [5, 5.41) is 13.8. The van der Waals surface area contributed by atoms with Crippen molar-refractivity contribution in [2.24, 2.45) is 0 Å². The first-order chi connectivity index (χ1) is 12.0. The van der Waals surface area contributed by atoms with Crippen molar-refractivity contribution in [1.29, 1.82) is 0 Å². The first-order valence-electron chi connectivity index (χ1n) is 7.46. The summed E-state index contributed by atoms with van der Waals surface area (Å²) in [7, 11) is 1.58. The van der Waals surface area contributed by atoms with Crippen LogP contribution in [0.15, 0.2) is 18.2 Å². The van der Waals surface area contributed by atoms with Crippen LogP contribution >= 0.6 is 11.3 Å². The van der Waals surface area contributed by atoms with Crippen molar-refractivity contribution in [3.8, 4) is 5.75 Å². The molecule has 0 radical (unpaired) electrons. The van der Waals surface area contributed by atoms with Crippen LogP contribution in [0.3, 0.4) is 0 Å². The molecule has 3 amide bonds. The summed E-state index contributed by atoms with van der Waals surface area (Å²) >= 11 is 1.34. The Bertz CT molecular complexity index is 776. The fourth-order valence-electron chi connectivity index (χ4n) is 1.98. The lowest BCUT2D eigenvalue weighted by Gasteiger charge is -2.04. The van der Waals surface area contributed by atoms with Gasteiger partial charge in [0.05, 0.1) is 23.9 Å². The molecule has 134 valence electrons. The largest absolute Gasteiger partial charge is 0.497 e. The second kappa shape index (κ2) is 8.94. The molecule has 0 spiro atoms. The standard InChI is InChI=1S/C15H18N4O5S/c1-24-9-5-6-10-11(7-9)25-15(17-10)18-13(21)4-2-3-12(20)16-8-14(22)19-23/h5-7,23H,2-4,8H2,1H3,(H,16,20)(H,19,22)(H,17,18,21). The van der Waals surface area contributed by atoms with Crippen molar-refractivity contribution in [3.05, 3.63) is 18.2 Å². The van der Waals surface area contributed by atoms with Gasteiger partial charge in [0, 0.05) is 12.8 Å². The summed E-state index contributed by atoms with van der Waals surface area (Å²) in [5.74, 6) is -0.608. The van der Waals surface area contributed by atoms with Crippen molar-refractivity contribution in [2.75, 3.05) is 19.0 Å². The van der Waals surface area contributed by atoms with E-state index in [9.17, 15) is 14.4 Å². The minimum Gasteiger partial charge on any atom is -0.497 e. The lowest BCUT2D eigenvalue weighted by Crippen LogP contribution is -2.35. The van der Waals surface area contributed by atoms with Gasteiger partial charge in [-0.3, -0.25) is 19.6 Å². The molecule has 9 nitrogen and oxygen atoms in total. The Hall–Kier alpha value is -2.72. The van der Waals surface area contributed by atoms with Crippen LogP contribution in [0.5, 0.6) is 5.75 Å². The van der Waals surface area contributed by atoms with Crippen molar-refractivity contribution in [2.45, 2.75) is 19.3 Å². The number of hydrogen-bond acceptors (Lipinski definition) is 7. The van der Waals surface area contributed by atoms with Gasteiger partial charge in [-0.15, -0.1) is 0 Å². The smallest absolute Gasteiger partial charge is 0.262 e. The van der Waals surface area contributed by atoms with E-state index in [0.29, 0.717) is 11.6 Å². The fraction of sp³-hybridized carbons (Fsp3) is 0.333. The molecule has 0 fully saturated rings. The van der Waals surface area contributed by atoms with E-state index in [2.05, 4.69) is 15.6 Å². The molecule has 0 unspecified atom stereocenters. The Balaban J connectivity index is 1.76. The highest BCUT2D eigenvalue weighted by Crippen LogP contribution is 2.29. The summed E-state index contributed by atoms with van der Waals surface area (Å²) in [5.41, 5.74) is 2.17. The third-order valence-electron chi connectivity index (χ3n) is 3.22. The molecular weight excluding hydrogens is 348 g/mol. The van der Waals surface area contributed by atoms with Gasteiger partial charge in [0.2, 0.25) is 11.8 Å². The summed E-state index contributed by atoms with van der Waals surface area (Å²) in [6.45, 7) is -0.309. The molecule has 1 heterocycles. The Kier molecular flexibility index (Phi) is 6.66. The zero-order valence-corrected chi connectivity index (χ0v) is 14.3. The van der Waals surface area contributed by atoms with Gasteiger partial charge in [-0.05, 0) is 24.6 Å². The Labute approximate surface area is 147 Å². The average molecular weight is 366 g/mol. The number of amides is 3. The number of ether oxygens (including phenoxy) is 1. The maximum atomic E-state index is 11.9. The molecule has 0 atom stereocenters. The maximum Gasteiger partial charge on any atom is 0.262 e. The quantitative estimate of drug-likeness (QED) is 0.408. The van der Waals surface area contributed by atoms with Crippen LogP contribution in [0.4, 0.5) is 5.13 Å². The van der Waals surface area contributed by atoms with Gasteiger partial charge in [0.15, 0.2) is 5.13 Å². The number of nitrogens with one attached hydrogen (secondary N) is 3. The van der Waals surface area contributed by atoms with Crippen LogP contribution in [0, 0.1) is 0 Å². The highest BCUT2D eigenvalue weighted by molar-refractivity contribution is 7.22. The second-order valence-corrected chi connectivity index (χ2v) is 6.10. The van der Waals surface area contributed by atoms with E-state index in [1.54, 1.807) is 13.2 Å². The SMILES string of the molecule is COc1ccc2nc(NC(=O)CCCC(=O)NCC(=O)NO)sc2c1. The van der Waals surface area contributed by atoms with Crippen LogP contribution in [0.25, 0.3) is 10.2 Å². The van der Waals surface area contributed by atoms with Crippen molar-refractivity contribution >= 4 is 44.4 Å². The summed E-state index contributed by atoms with van der Waals surface area (Å²) < 4.78 is 6.04. The van der Waals surface area contributed by atoms with Crippen LogP contribution in [0.2, 0.25) is 0 Å². The Morgan fingerprint density at radius 3 is 2.68 bits per heavy atom. The van der Waals surface area contributed by atoms with Gasteiger partial charge in [0.1, 0.15) is 5.75 Å². The molecule has 0 saturated carbocycles. The first-order valence-corrected chi connectivity index (χ1v) is 8.27. The van der Waals surface area contributed by atoms with Gasteiger partial charge < -0.3 is 15.4 Å². The zero-order chi connectivity index (χ0) is 18.2. The third-order valence-corrected chi connectivity index (χ3v) is 4.15. The normalized spacial score (nSPS) is 10.3. The Morgan fingerprint density at radius 1 is 1.20 bits per heavy atom. The monoisotopic (exact) mass is 366 g/mol. The van der Waals surface area contributed by atoms with E-state index >= 15 is 0 Å². The van der Waals surface area contributed by atoms with E-state index in [1.165, 1.54) is 16.8 Å². The molecule has 0 bridgehead atoms. The van der Waals surface area contributed by atoms with Crippen molar-refractivity contribution < 1.29 is 24.3 Å². The summed E-state index contributed by atoms with van der Waals surface area (Å²) in [4.78, 5) is 38.4. The van der Waals surface area contributed by atoms with Crippen LogP contribution in [-0.4, -0.2) is 41.6 Å². The third kappa shape index (κ3) is 5.69. The number of hydrogen-bond donors (Lipinski definition) is 4. The molecule has 2 rings (SSSR count). The van der Waals surface area contributed by atoms with Gasteiger partial charge in [-0.25, -0.2) is 10.5 Å². The molecule has 10 heteroatoms. The molecule has 0 aliphatic rings. The van der Waals surface area contributed by atoms with Crippen LogP contribution < -0.4 is 20.9 Å². The average Bonchev–Trinajstić information content (AvgIpc) is 3.00. The minimum atomic E-state index is -0.710. The van der Waals surface area contributed by atoms with E-state index < -0.39 is 5.91 Å². The van der Waals surface area contributed by atoms with Crippen molar-refractivity contribution in [1.82, 2.24) is 15.8 Å². The number of nitrogens with zero attached hydrogens (tertiary/aromatic N) is 1. The predicted molar refractivity (Wildman–Crippen MR) is 91.6 cm³/mol.